The van der Waals surface area contributed by atoms with Gasteiger partial charge in [-0.15, -0.1) is 11.3 Å². The van der Waals surface area contributed by atoms with Gasteiger partial charge in [-0.3, -0.25) is 0 Å². The first kappa shape index (κ1) is 16.3. The number of thiophene rings is 1. The van der Waals surface area contributed by atoms with Gasteiger partial charge in [0, 0.05) is 6.54 Å². The highest BCUT2D eigenvalue weighted by Gasteiger charge is 2.19. The molecule has 11 heteroatoms. The molecule has 0 unspecified atom stereocenters. The Morgan fingerprint density at radius 1 is 1.39 bits per heavy atom. The summed E-state index contributed by atoms with van der Waals surface area (Å²) in [6.45, 7) is -0.210. The van der Waals surface area contributed by atoms with Gasteiger partial charge in [-0.05, 0) is 29.0 Å². The average Bonchev–Trinajstić information content (AvgIpc) is 2.59. The van der Waals surface area contributed by atoms with Crippen molar-refractivity contribution in [3.05, 3.63) is 14.9 Å². The molecule has 1 rings (SSSR count). The minimum atomic E-state index is -3.73. The molecule has 1 aromatic heterocycles. The Labute approximate surface area is 123 Å². The lowest BCUT2D eigenvalue weighted by Gasteiger charge is -2.04. The van der Waals surface area contributed by atoms with Crippen molar-refractivity contribution >= 4 is 58.9 Å². The van der Waals surface area contributed by atoms with Crippen LogP contribution in [-0.4, -0.2) is 36.2 Å². The van der Waals surface area contributed by atoms with Crippen LogP contribution in [0, 0.1) is 0 Å². The molecule has 104 valence electrons. The van der Waals surface area contributed by atoms with E-state index in [0.29, 0.717) is 8.81 Å². The zero-order chi connectivity index (χ0) is 14.0. The smallest absolute Gasteiger partial charge is 0.218 e. The fourth-order valence-corrected chi connectivity index (χ4v) is 5.12. The molecule has 0 aliphatic rings. The molecule has 0 aliphatic carbocycles. The number of hydrogen-bond donors (Lipinski definition) is 2. The number of rotatable bonds is 6. The molecule has 2 N–H and O–H groups in total. The van der Waals surface area contributed by atoms with E-state index in [1.165, 1.54) is 13.1 Å². The first-order chi connectivity index (χ1) is 8.18. The van der Waals surface area contributed by atoms with E-state index in [1.54, 1.807) is 0 Å². The van der Waals surface area contributed by atoms with Crippen LogP contribution in [-0.2, 0) is 20.0 Å². The van der Waals surface area contributed by atoms with Crippen LogP contribution in [0.1, 0.15) is 0 Å². The molecule has 6 nitrogen and oxygen atoms in total. The van der Waals surface area contributed by atoms with E-state index in [1.807, 2.05) is 0 Å². The average molecular weight is 398 g/mol. The van der Waals surface area contributed by atoms with Gasteiger partial charge in [0.1, 0.15) is 4.21 Å². The maximum absolute atomic E-state index is 11.8. The molecule has 0 amide bonds. The molecule has 0 saturated carbocycles. The van der Waals surface area contributed by atoms with Gasteiger partial charge in [0.15, 0.2) is 0 Å². The second-order valence-electron chi connectivity index (χ2n) is 3.11. The molecule has 0 fully saturated rings. The molecule has 0 saturated heterocycles. The van der Waals surface area contributed by atoms with E-state index < -0.39 is 20.0 Å². The van der Waals surface area contributed by atoms with Gasteiger partial charge in [0.05, 0.1) is 14.6 Å². The first-order valence-corrected chi connectivity index (χ1v) is 9.66. The van der Waals surface area contributed by atoms with Gasteiger partial charge in [-0.25, -0.2) is 26.3 Å². The SMILES string of the molecule is CNS(=O)(=O)CCNS(=O)(=O)c1cc(Cl)c(Br)s1. The Morgan fingerprint density at radius 3 is 2.44 bits per heavy atom. The lowest BCUT2D eigenvalue weighted by atomic mass is 10.7. The third-order valence-electron chi connectivity index (χ3n) is 1.86. The minimum absolute atomic E-state index is 0.0289. The van der Waals surface area contributed by atoms with Crippen LogP contribution in [0.5, 0.6) is 0 Å². The fourth-order valence-electron chi connectivity index (χ4n) is 0.943. The molecule has 18 heavy (non-hydrogen) atoms. The number of halogens is 2. The van der Waals surface area contributed by atoms with Gasteiger partial charge < -0.3 is 0 Å². The largest absolute Gasteiger partial charge is 0.250 e. The molecule has 0 spiro atoms. The van der Waals surface area contributed by atoms with Crippen molar-refractivity contribution in [2.75, 3.05) is 19.3 Å². The highest BCUT2D eigenvalue weighted by molar-refractivity contribution is 9.11. The van der Waals surface area contributed by atoms with Gasteiger partial charge in [-0.2, -0.15) is 0 Å². The van der Waals surface area contributed by atoms with E-state index in [2.05, 4.69) is 25.4 Å². The van der Waals surface area contributed by atoms with Crippen molar-refractivity contribution in [3.8, 4) is 0 Å². The highest BCUT2D eigenvalue weighted by Crippen LogP contribution is 2.34. The van der Waals surface area contributed by atoms with Crippen molar-refractivity contribution in [1.29, 1.82) is 0 Å². The molecule has 0 atom stereocenters. The van der Waals surface area contributed by atoms with Gasteiger partial charge in [0.25, 0.3) is 0 Å². The third-order valence-corrected chi connectivity index (χ3v) is 7.63. The lowest BCUT2D eigenvalue weighted by molar-refractivity contribution is 0.580. The van der Waals surface area contributed by atoms with Gasteiger partial charge in [-0.1, -0.05) is 11.6 Å². The summed E-state index contributed by atoms with van der Waals surface area (Å²) in [7, 11) is -5.90. The third kappa shape index (κ3) is 4.44. The maximum atomic E-state index is 11.8. The van der Waals surface area contributed by atoms with Crippen LogP contribution < -0.4 is 9.44 Å². The quantitative estimate of drug-likeness (QED) is 0.749. The van der Waals surface area contributed by atoms with E-state index in [-0.39, 0.29) is 16.5 Å². The van der Waals surface area contributed by atoms with Crippen LogP contribution in [0.4, 0.5) is 0 Å². The van der Waals surface area contributed by atoms with E-state index in [0.717, 1.165) is 11.3 Å². The minimum Gasteiger partial charge on any atom is -0.218 e. The van der Waals surface area contributed by atoms with Crippen LogP contribution in [0.3, 0.4) is 0 Å². The van der Waals surface area contributed by atoms with Crippen molar-refractivity contribution < 1.29 is 16.8 Å². The van der Waals surface area contributed by atoms with Crippen LogP contribution in [0.2, 0.25) is 5.02 Å². The Hall–Kier alpha value is 0.290. The molecule has 1 aromatic rings. The predicted molar refractivity (Wildman–Crippen MR) is 75.1 cm³/mol. The maximum Gasteiger partial charge on any atom is 0.250 e. The van der Waals surface area contributed by atoms with E-state index in [4.69, 9.17) is 11.6 Å². The summed E-state index contributed by atoms with van der Waals surface area (Å²) in [5.74, 6) is -0.330. The Bertz CT molecular complexity index is 606. The Morgan fingerprint density at radius 2 is 2.00 bits per heavy atom. The number of nitrogens with one attached hydrogen (secondary N) is 2. The highest BCUT2D eigenvalue weighted by atomic mass is 79.9. The van der Waals surface area contributed by atoms with Gasteiger partial charge >= 0.3 is 0 Å². The zero-order valence-corrected chi connectivity index (χ0v) is 13.9. The van der Waals surface area contributed by atoms with Crippen LogP contribution in [0.15, 0.2) is 14.1 Å². The standard InChI is InChI=1S/C7H10BrClN2O4S3/c1-10-17(12,13)3-2-11-18(14,15)6-4-5(9)7(8)16-6/h4,10-11H,2-3H2,1H3. The van der Waals surface area contributed by atoms with E-state index >= 15 is 0 Å². The Kier molecular flexibility index (Phi) is 5.59. The topological polar surface area (TPSA) is 92.3 Å². The second kappa shape index (κ2) is 6.16. The van der Waals surface area contributed by atoms with Crippen molar-refractivity contribution in [2.24, 2.45) is 0 Å². The predicted octanol–water partition coefficient (Wildman–Crippen LogP) is 0.992. The molecule has 1 heterocycles. The summed E-state index contributed by atoms with van der Waals surface area (Å²) < 4.78 is 50.6. The monoisotopic (exact) mass is 396 g/mol. The summed E-state index contributed by atoms with van der Waals surface area (Å²) in [5.41, 5.74) is 0. The lowest BCUT2D eigenvalue weighted by Crippen LogP contribution is -2.32. The molecule has 0 radical (unpaired) electrons. The summed E-state index contributed by atoms with van der Waals surface area (Å²) >= 11 is 9.79. The summed E-state index contributed by atoms with van der Waals surface area (Å²) in [5, 5.41) is 0.295. The summed E-state index contributed by atoms with van der Waals surface area (Å²) in [6.07, 6.45) is 0. The second-order valence-corrected chi connectivity index (χ2v) is 9.92. The van der Waals surface area contributed by atoms with Gasteiger partial charge in [0.2, 0.25) is 20.0 Å². The summed E-state index contributed by atoms with van der Waals surface area (Å²) in [4.78, 5) is 0. The fraction of sp³-hybridized carbons (Fsp3) is 0.429. The molecule has 0 aliphatic heterocycles. The number of sulfonamides is 2. The molecular formula is C7H10BrClN2O4S3. The first-order valence-electron chi connectivity index (χ1n) is 4.53. The zero-order valence-electron chi connectivity index (χ0n) is 9.11. The number of hydrogen-bond acceptors (Lipinski definition) is 5. The summed E-state index contributed by atoms with van der Waals surface area (Å²) in [6, 6.07) is 1.30. The molecular weight excluding hydrogens is 388 g/mol. The van der Waals surface area contributed by atoms with Crippen LogP contribution >= 0.6 is 38.9 Å². The van der Waals surface area contributed by atoms with Crippen molar-refractivity contribution in [2.45, 2.75) is 4.21 Å². The molecule has 0 aromatic carbocycles. The van der Waals surface area contributed by atoms with Crippen molar-refractivity contribution in [1.82, 2.24) is 9.44 Å². The Balaban J connectivity index is 2.72. The van der Waals surface area contributed by atoms with Crippen molar-refractivity contribution in [3.63, 3.8) is 0 Å². The van der Waals surface area contributed by atoms with Crippen LogP contribution in [0.25, 0.3) is 0 Å². The molecule has 0 bridgehead atoms. The normalized spacial score (nSPS) is 12.8. The van der Waals surface area contributed by atoms with E-state index in [9.17, 15) is 16.8 Å².